The second kappa shape index (κ2) is 6.04. The maximum atomic E-state index is 12.8. The van der Waals surface area contributed by atoms with Crippen LogP contribution in [0.1, 0.15) is 13.8 Å². The van der Waals surface area contributed by atoms with Gasteiger partial charge in [-0.05, 0) is 38.1 Å². The molecular formula is C17H19N3O2S. The van der Waals surface area contributed by atoms with Crippen LogP contribution in [0.25, 0.3) is 11.0 Å². The third kappa shape index (κ3) is 2.59. The van der Waals surface area contributed by atoms with Crippen molar-refractivity contribution in [3.05, 3.63) is 54.9 Å². The van der Waals surface area contributed by atoms with Gasteiger partial charge in [0, 0.05) is 36.6 Å². The van der Waals surface area contributed by atoms with Gasteiger partial charge in [-0.3, -0.25) is 0 Å². The van der Waals surface area contributed by atoms with Crippen LogP contribution in [0.4, 0.5) is 5.69 Å². The number of aromatic nitrogens is 2. The summed E-state index contributed by atoms with van der Waals surface area (Å²) in [6.07, 6.45) is 3.24. The van der Waals surface area contributed by atoms with Gasteiger partial charge >= 0.3 is 0 Å². The molecule has 120 valence electrons. The molecule has 5 nitrogen and oxygen atoms in total. The highest BCUT2D eigenvalue weighted by Gasteiger charge is 2.20. The molecule has 0 atom stereocenters. The fourth-order valence-electron chi connectivity index (χ4n) is 2.74. The highest BCUT2D eigenvalue weighted by molar-refractivity contribution is 7.90. The summed E-state index contributed by atoms with van der Waals surface area (Å²) < 4.78 is 26.9. The Morgan fingerprint density at radius 1 is 1.04 bits per heavy atom. The molecular weight excluding hydrogens is 310 g/mol. The van der Waals surface area contributed by atoms with Crippen molar-refractivity contribution in [1.29, 1.82) is 0 Å². The Bertz CT molecular complexity index is 913. The zero-order valence-electron chi connectivity index (χ0n) is 13.2. The lowest BCUT2D eigenvalue weighted by Crippen LogP contribution is -2.22. The Labute approximate surface area is 136 Å². The van der Waals surface area contributed by atoms with Gasteiger partial charge in [-0.2, -0.15) is 0 Å². The van der Waals surface area contributed by atoms with Crippen molar-refractivity contribution >= 4 is 26.7 Å². The molecule has 0 bridgehead atoms. The van der Waals surface area contributed by atoms with Crippen LogP contribution in [0.3, 0.4) is 0 Å². The number of anilines is 1. The Kier molecular flexibility index (Phi) is 4.09. The van der Waals surface area contributed by atoms with Crippen LogP contribution in [0.5, 0.6) is 0 Å². The van der Waals surface area contributed by atoms with E-state index < -0.39 is 10.0 Å². The van der Waals surface area contributed by atoms with Gasteiger partial charge < -0.3 is 4.90 Å². The summed E-state index contributed by atoms with van der Waals surface area (Å²) in [7, 11) is -3.64. The van der Waals surface area contributed by atoms with Crippen LogP contribution in [0, 0.1) is 0 Å². The maximum absolute atomic E-state index is 12.8. The van der Waals surface area contributed by atoms with Crippen molar-refractivity contribution < 1.29 is 8.42 Å². The highest BCUT2D eigenvalue weighted by Crippen LogP contribution is 2.28. The number of benzene rings is 1. The first kappa shape index (κ1) is 15.6. The molecule has 0 radical (unpaired) electrons. The number of nitrogens with zero attached hydrogens (tertiary/aromatic N) is 3. The highest BCUT2D eigenvalue weighted by atomic mass is 32.2. The minimum absolute atomic E-state index is 0.257. The summed E-state index contributed by atoms with van der Waals surface area (Å²) in [6, 6.07) is 12.2. The average molecular weight is 329 g/mol. The molecule has 0 saturated heterocycles. The zero-order valence-corrected chi connectivity index (χ0v) is 14.0. The molecule has 0 aliphatic heterocycles. The molecule has 2 aromatic heterocycles. The molecule has 0 aliphatic rings. The Morgan fingerprint density at radius 3 is 2.39 bits per heavy atom. The molecule has 0 aliphatic carbocycles. The summed E-state index contributed by atoms with van der Waals surface area (Å²) in [5.41, 5.74) is 1.46. The molecule has 2 heterocycles. The van der Waals surface area contributed by atoms with Crippen molar-refractivity contribution in [3.63, 3.8) is 0 Å². The fraction of sp³-hybridized carbons (Fsp3) is 0.235. The second-order valence-corrected chi connectivity index (χ2v) is 6.98. The van der Waals surface area contributed by atoms with Gasteiger partial charge in [-0.1, -0.05) is 18.2 Å². The van der Waals surface area contributed by atoms with Crippen molar-refractivity contribution in [1.82, 2.24) is 8.96 Å². The molecule has 23 heavy (non-hydrogen) atoms. The molecule has 0 N–H and O–H groups in total. The monoisotopic (exact) mass is 329 g/mol. The van der Waals surface area contributed by atoms with Gasteiger partial charge in [0.15, 0.2) is 5.65 Å². The summed E-state index contributed by atoms with van der Waals surface area (Å²) in [5.74, 6) is 0. The van der Waals surface area contributed by atoms with Gasteiger partial charge in [0.25, 0.3) is 10.0 Å². The van der Waals surface area contributed by atoms with Crippen molar-refractivity contribution in [2.75, 3.05) is 18.0 Å². The molecule has 0 saturated carbocycles. The first-order valence-electron chi connectivity index (χ1n) is 7.61. The summed E-state index contributed by atoms with van der Waals surface area (Å²) >= 11 is 0. The Balaban J connectivity index is 2.20. The Morgan fingerprint density at radius 2 is 1.74 bits per heavy atom. The molecule has 3 aromatic rings. The second-order valence-electron chi connectivity index (χ2n) is 5.17. The third-order valence-electron chi connectivity index (χ3n) is 3.94. The first-order chi connectivity index (χ1) is 11.1. The Hall–Kier alpha value is -2.34. The maximum Gasteiger partial charge on any atom is 0.269 e. The van der Waals surface area contributed by atoms with E-state index in [0.29, 0.717) is 5.65 Å². The molecule has 6 heteroatoms. The van der Waals surface area contributed by atoms with Gasteiger partial charge in [-0.25, -0.2) is 17.4 Å². The summed E-state index contributed by atoms with van der Waals surface area (Å²) in [5, 5.41) is 0.843. The largest absolute Gasteiger partial charge is 0.371 e. The average Bonchev–Trinajstić information content (AvgIpc) is 3.02. The zero-order chi connectivity index (χ0) is 16.4. The predicted molar refractivity (Wildman–Crippen MR) is 92.3 cm³/mol. The minimum Gasteiger partial charge on any atom is -0.371 e. The topological polar surface area (TPSA) is 55.2 Å². The van der Waals surface area contributed by atoms with Crippen molar-refractivity contribution in [3.8, 4) is 0 Å². The third-order valence-corrected chi connectivity index (χ3v) is 5.62. The SMILES string of the molecule is CCN(CC)c1ccnc2c1ccn2S(=O)(=O)c1ccccc1. The molecule has 0 fully saturated rings. The molecule has 0 spiro atoms. The predicted octanol–water partition coefficient (Wildman–Crippen LogP) is 3.12. The number of pyridine rings is 1. The van der Waals surface area contributed by atoms with Crippen LogP contribution in [-0.2, 0) is 10.0 Å². The van der Waals surface area contributed by atoms with Crippen molar-refractivity contribution in [2.45, 2.75) is 18.7 Å². The van der Waals surface area contributed by atoms with Gasteiger partial charge in [0.2, 0.25) is 0 Å². The molecule has 0 unspecified atom stereocenters. The van der Waals surface area contributed by atoms with Crippen LogP contribution < -0.4 is 4.90 Å². The minimum atomic E-state index is -3.64. The van der Waals surface area contributed by atoms with E-state index in [1.807, 2.05) is 12.1 Å². The fourth-order valence-corrected chi connectivity index (χ4v) is 4.06. The van der Waals surface area contributed by atoms with Gasteiger partial charge in [0.05, 0.1) is 4.90 Å². The van der Waals surface area contributed by atoms with E-state index in [9.17, 15) is 8.42 Å². The van der Waals surface area contributed by atoms with E-state index >= 15 is 0 Å². The van der Waals surface area contributed by atoms with Gasteiger partial charge in [0.1, 0.15) is 0 Å². The first-order valence-corrected chi connectivity index (χ1v) is 9.05. The van der Waals surface area contributed by atoms with Crippen LogP contribution in [-0.4, -0.2) is 30.5 Å². The van der Waals surface area contributed by atoms with Crippen molar-refractivity contribution in [2.24, 2.45) is 0 Å². The lowest BCUT2D eigenvalue weighted by atomic mass is 10.2. The van der Waals surface area contributed by atoms with E-state index in [-0.39, 0.29) is 4.90 Å². The van der Waals surface area contributed by atoms with Crippen LogP contribution in [0.15, 0.2) is 59.8 Å². The normalized spacial score (nSPS) is 11.7. The standard InChI is InChI=1S/C17H19N3O2S/c1-3-19(4-2)16-10-12-18-17-15(16)11-13-20(17)23(21,22)14-8-6-5-7-9-14/h5-13H,3-4H2,1-2H3. The lowest BCUT2D eigenvalue weighted by molar-refractivity contribution is 0.589. The molecule has 0 amide bonds. The molecule has 3 rings (SSSR count). The summed E-state index contributed by atoms with van der Waals surface area (Å²) in [6.45, 7) is 5.86. The smallest absolute Gasteiger partial charge is 0.269 e. The van der Waals surface area contributed by atoms with E-state index in [1.165, 1.54) is 3.97 Å². The number of rotatable bonds is 5. The molecule has 1 aromatic carbocycles. The lowest BCUT2D eigenvalue weighted by Gasteiger charge is -2.21. The number of fused-ring (bicyclic) bond motifs is 1. The number of hydrogen-bond donors (Lipinski definition) is 0. The van der Waals surface area contributed by atoms with E-state index in [1.54, 1.807) is 42.7 Å². The van der Waals surface area contributed by atoms with E-state index in [2.05, 4.69) is 23.7 Å². The quantitative estimate of drug-likeness (QED) is 0.722. The van der Waals surface area contributed by atoms with Gasteiger partial charge in [-0.15, -0.1) is 0 Å². The number of hydrogen-bond acceptors (Lipinski definition) is 4. The van der Waals surface area contributed by atoms with E-state index in [0.717, 1.165) is 24.2 Å². The summed E-state index contributed by atoms with van der Waals surface area (Å²) in [4.78, 5) is 6.74. The van der Waals surface area contributed by atoms with Crippen LogP contribution >= 0.6 is 0 Å². The van der Waals surface area contributed by atoms with E-state index in [4.69, 9.17) is 0 Å². The van der Waals surface area contributed by atoms with Crippen LogP contribution in [0.2, 0.25) is 0 Å².